The summed E-state index contributed by atoms with van der Waals surface area (Å²) in [5.74, 6) is 0.346. The van der Waals surface area contributed by atoms with Gasteiger partial charge in [-0.3, -0.25) is 9.69 Å². The summed E-state index contributed by atoms with van der Waals surface area (Å²) in [7, 11) is 0. The number of alkyl halides is 3. The minimum Gasteiger partial charge on any atom is -0.336 e. The Hall–Kier alpha value is -1.56. The first-order valence-electron chi connectivity index (χ1n) is 8.32. The smallest absolute Gasteiger partial charge is 0.336 e. The number of halogens is 3. The van der Waals surface area contributed by atoms with Crippen molar-refractivity contribution < 1.29 is 18.0 Å². The van der Waals surface area contributed by atoms with Crippen molar-refractivity contribution in [3.8, 4) is 0 Å². The lowest BCUT2D eigenvalue weighted by atomic mass is 10.0. The maximum Gasteiger partial charge on any atom is 0.416 e. The number of amides is 1. The highest BCUT2D eigenvalue weighted by Crippen LogP contribution is 2.29. The van der Waals surface area contributed by atoms with Crippen LogP contribution in [0.3, 0.4) is 0 Å². The van der Waals surface area contributed by atoms with Gasteiger partial charge in [-0.2, -0.15) is 13.2 Å². The zero-order chi connectivity index (χ0) is 18.1. The zero-order valence-corrected chi connectivity index (χ0v) is 14.6. The molecule has 0 spiro atoms. The predicted molar refractivity (Wildman–Crippen MR) is 87.8 cm³/mol. The molecule has 0 saturated carbocycles. The van der Waals surface area contributed by atoms with Gasteiger partial charge in [0, 0.05) is 37.3 Å². The summed E-state index contributed by atoms with van der Waals surface area (Å²) in [6, 6.07) is 4.93. The fourth-order valence-electron chi connectivity index (χ4n) is 3.29. The van der Waals surface area contributed by atoms with Crippen LogP contribution in [0.5, 0.6) is 0 Å². The molecule has 0 N–H and O–H groups in total. The first-order valence-corrected chi connectivity index (χ1v) is 8.32. The molecule has 1 aromatic rings. The van der Waals surface area contributed by atoms with Gasteiger partial charge in [0.1, 0.15) is 0 Å². The number of nitrogens with zero attached hydrogens (tertiary/aromatic N) is 2. The first-order chi connectivity index (χ1) is 11.1. The number of hydrogen-bond donors (Lipinski definition) is 0. The monoisotopic (exact) mass is 342 g/mol. The van der Waals surface area contributed by atoms with Crippen molar-refractivity contribution in [1.82, 2.24) is 9.80 Å². The van der Waals surface area contributed by atoms with E-state index in [0.717, 1.165) is 18.7 Å². The van der Waals surface area contributed by atoms with E-state index in [4.69, 9.17) is 0 Å². The van der Waals surface area contributed by atoms with Gasteiger partial charge in [-0.15, -0.1) is 0 Å². The third kappa shape index (κ3) is 4.29. The Kier molecular flexibility index (Phi) is 5.58. The topological polar surface area (TPSA) is 23.6 Å². The highest BCUT2D eigenvalue weighted by atomic mass is 19.4. The van der Waals surface area contributed by atoms with Crippen LogP contribution in [0.1, 0.15) is 43.6 Å². The van der Waals surface area contributed by atoms with Crippen LogP contribution in [0.4, 0.5) is 13.2 Å². The first kappa shape index (κ1) is 18.8. The maximum absolute atomic E-state index is 12.6. The molecule has 6 heteroatoms. The van der Waals surface area contributed by atoms with Gasteiger partial charge in [0.15, 0.2) is 0 Å². The molecule has 134 valence electrons. The van der Waals surface area contributed by atoms with E-state index in [9.17, 15) is 18.0 Å². The third-order valence-electron chi connectivity index (χ3n) is 4.42. The van der Waals surface area contributed by atoms with Crippen molar-refractivity contribution >= 4 is 5.91 Å². The number of carbonyl (C=O) groups excluding carboxylic acids is 1. The molecule has 0 unspecified atom stereocenters. The summed E-state index contributed by atoms with van der Waals surface area (Å²) in [6.07, 6.45) is -4.38. The largest absolute Gasteiger partial charge is 0.416 e. The zero-order valence-electron chi connectivity index (χ0n) is 14.6. The van der Waals surface area contributed by atoms with Crippen LogP contribution in [-0.4, -0.2) is 47.4 Å². The second-order valence-electron chi connectivity index (χ2n) is 7.07. The normalized spacial score (nSPS) is 22.9. The quantitative estimate of drug-likeness (QED) is 0.832. The Balaban J connectivity index is 2.08. The lowest BCUT2D eigenvalue weighted by Crippen LogP contribution is -2.58. The highest BCUT2D eigenvalue weighted by Gasteiger charge is 2.33. The summed E-state index contributed by atoms with van der Waals surface area (Å²) < 4.78 is 37.9. The summed E-state index contributed by atoms with van der Waals surface area (Å²) in [6.45, 7) is 10.7. The summed E-state index contributed by atoms with van der Waals surface area (Å²) >= 11 is 0. The van der Waals surface area contributed by atoms with E-state index in [1.165, 1.54) is 12.1 Å². The van der Waals surface area contributed by atoms with Gasteiger partial charge < -0.3 is 4.90 Å². The highest BCUT2D eigenvalue weighted by molar-refractivity contribution is 5.94. The molecule has 2 rings (SSSR count). The van der Waals surface area contributed by atoms with Crippen LogP contribution in [-0.2, 0) is 6.18 Å². The standard InChI is InChI=1S/C18H25F3N2O/c1-12(2)9-23-13(3)10-22(11-14(23)4)17(24)15-5-7-16(8-6-15)18(19,20)21/h5-8,12-14H,9-11H2,1-4H3/t13-,14+. The maximum atomic E-state index is 12.6. The van der Waals surface area contributed by atoms with Crippen molar-refractivity contribution in [1.29, 1.82) is 0 Å². The second kappa shape index (κ2) is 7.13. The van der Waals surface area contributed by atoms with Gasteiger partial charge in [-0.05, 0) is 44.0 Å². The molecule has 0 radical (unpaired) electrons. The fourth-order valence-corrected chi connectivity index (χ4v) is 3.29. The molecular weight excluding hydrogens is 317 g/mol. The van der Waals surface area contributed by atoms with E-state index in [1.807, 2.05) is 0 Å². The lowest BCUT2D eigenvalue weighted by molar-refractivity contribution is -0.137. The van der Waals surface area contributed by atoms with Crippen LogP contribution >= 0.6 is 0 Å². The Bertz CT molecular complexity index is 557. The summed E-state index contributed by atoms with van der Waals surface area (Å²) in [5, 5.41) is 0. The average molecular weight is 342 g/mol. The van der Waals surface area contributed by atoms with Gasteiger partial charge in [-0.25, -0.2) is 0 Å². The van der Waals surface area contributed by atoms with Gasteiger partial charge in [0.2, 0.25) is 0 Å². The molecule has 1 aliphatic heterocycles. The molecule has 1 aromatic carbocycles. The van der Waals surface area contributed by atoms with E-state index in [1.54, 1.807) is 4.90 Å². The van der Waals surface area contributed by atoms with Gasteiger partial charge in [0.25, 0.3) is 5.91 Å². The van der Waals surface area contributed by atoms with Gasteiger partial charge >= 0.3 is 6.18 Å². The van der Waals surface area contributed by atoms with Crippen LogP contribution in [0.25, 0.3) is 0 Å². The molecule has 0 aromatic heterocycles. The van der Waals surface area contributed by atoms with E-state index in [-0.39, 0.29) is 18.0 Å². The molecule has 0 bridgehead atoms. The van der Waals surface area contributed by atoms with Crippen molar-refractivity contribution in [2.24, 2.45) is 5.92 Å². The van der Waals surface area contributed by atoms with Crippen LogP contribution in [0.15, 0.2) is 24.3 Å². The van der Waals surface area contributed by atoms with Crippen LogP contribution < -0.4 is 0 Å². The molecular formula is C18H25F3N2O. The van der Waals surface area contributed by atoms with Gasteiger partial charge in [0.05, 0.1) is 5.56 Å². The Morgan fingerprint density at radius 2 is 1.62 bits per heavy atom. The Morgan fingerprint density at radius 3 is 2.04 bits per heavy atom. The van der Waals surface area contributed by atoms with E-state index >= 15 is 0 Å². The predicted octanol–water partition coefficient (Wildman–Crippen LogP) is 3.90. The average Bonchev–Trinajstić information content (AvgIpc) is 2.49. The second-order valence-corrected chi connectivity index (χ2v) is 7.07. The van der Waals surface area contributed by atoms with Crippen LogP contribution in [0, 0.1) is 5.92 Å². The van der Waals surface area contributed by atoms with E-state index in [0.29, 0.717) is 24.6 Å². The molecule has 24 heavy (non-hydrogen) atoms. The van der Waals surface area contributed by atoms with Crippen molar-refractivity contribution in [2.45, 2.75) is 46.0 Å². The molecule has 1 aliphatic rings. The number of benzene rings is 1. The SMILES string of the molecule is CC(C)CN1[C@H](C)CN(C(=O)c2ccc(C(F)(F)F)cc2)C[C@@H]1C. The summed E-state index contributed by atoms with van der Waals surface area (Å²) in [4.78, 5) is 16.7. The van der Waals surface area contributed by atoms with Crippen LogP contribution in [0.2, 0.25) is 0 Å². The molecule has 1 saturated heterocycles. The minimum atomic E-state index is -4.38. The Morgan fingerprint density at radius 1 is 1.12 bits per heavy atom. The van der Waals surface area contributed by atoms with Crippen molar-refractivity contribution in [2.75, 3.05) is 19.6 Å². The number of carbonyl (C=O) groups is 1. The third-order valence-corrected chi connectivity index (χ3v) is 4.42. The minimum absolute atomic E-state index is 0.202. The number of hydrogen-bond acceptors (Lipinski definition) is 2. The molecule has 3 nitrogen and oxygen atoms in total. The van der Waals surface area contributed by atoms with E-state index in [2.05, 4.69) is 32.6 Å². The fraction of sp³-hybridized carbons (Fsp3) is 0.611. The number of piperazine rings is 1. The van der Waals surface area contributed by atoms with Gasteiger partial charge in [-0.1, -0.05) is 13.8 Å². The molecule has 1 fully saturated rings. The summed E-state index contributed by atoms with van der Waals surface area (Å²) in [5.41, 5.74) is -0.428. The molecule has 0 aliphatic carbocycles. The molecule has 1 amide bonds. The number of rotatable bonds is 3. The molecule has 2 atom stereocenters. The van der Waals surface area contributed by atoms with Crippen molar-refractivity contribution in [3.05, 3.63) is 35.4 Å². The lowest BCUT2D eigenvalue weighted by Gasteiger charge is -2.45. The van der Waals surface area contributed by atoms with Crippen molar-refractivity contribution in [3.63, 3.8) is 0 Å². The molecule has 1 heterocycles. The van der Waals surface area contributed by atoms with E-state index < -0.39 is 11.7 Å². The Labute approximate surface area is 141 Å².